The minimum atomic E-state index is -1.01. The largest absolute Gasteiger partial charge is 0.478 e. The van der Waals surface area contributed by atoms with Crippen molar-refractivity contribution in [2.24, 2.45) is 5.41 Å². The summed E-state index contributed by atoms with van der Waals surface area (Å²) in [5.74, 6) is -3.02. The molecule has 0 radical (unpaired) electrons. The van der Waals surface area contributed by atoms with Gasteiger partial charge in [0.2, 0.25) is 5.91 Å². The SMILES string of the molecule is CC(=O)c1cccc(Cl)c1.CCOC(=O)C(=O)c1cnccc1NC(=O)C(C)(C)C.O=C(O)c1cc(-c2cccc(Cl)c2)nc2ccncc12. The number of ketones is 2. The van der Waals surface area contributed by atoms with Gasteiger partial charge in [-0.25, -0.2) is 14.6 Å². The first-order valence-electron chi connectivity index (χ1n) is 15.1. The number of esters is 1. The van der Waals surface area contributed by atoms with Crippen molar-refractivity contribution in [3.05, 3.63) is 118 Å². The number of carbonyl (C=O) groups is 5. The maximum atomic E-state index is 11.9. The summed E-state index contributed by atoms with van der Waals surface area (Å²) < 4.78 is 4.66. The number of aromatic carboxylic acids is 1. The first-order valence-corrected chi connectivity index (χ1v) is 15.8. The van der Waals surface area contributed by atoms with Crippen molar-refractivity contribution < 1.29 is 33.8 Å². The van der Waals surface area contributed by atoms with Gasteiger partial charge in [0.25, 0.3) is 5.78 Å². The van der Waals surface area contributed by atoms with Crippen molar-refractivity contribution in [2.75, 3.05) is 11.9 Å². The average molecular weight is 718 g/mol. The molecule has 0 fully saturated rings. The van der Waals surface area contributed by atoms with Gasteiger partial charge in [-0.15, -0.1) is 0 Å². The summed E-state index contributed by atoms with van der Waals surface area (Å²) in [4.78, 5) is 69.7. The number of benzene rings is 2. The Bertz CT molecular complexity index is 2040. The number of aromatic nitrogens is 3. The molecule has 5 aromatic rings. The number of hydrogen-bond donors (Lipinski definition) is 2. The Morgan fingerprint density at radius 1 is 0.840 bits per heavy atom. The summed E-state index contributed by atoms with van der Waals surface area (Å²) >= 11 is 11.6. The molecular formula is C37H34Cl2N4O7. The van der Waals surface area contributed by atoms with E-state index < -0.39 is 23.1 Å². The van der Waals surface area contributed by atoms with Crippen molar-refractivity contribution in [2.45, 2.75) is 34.6 Å². The summed E-state index contributed by atoms with van der Waals surface area (Å²) in [6.07, 6.45) is 5.76. The average Bonchev–Trinajstić information content (AvgIpc) is 3.08. The Hall–Kier alpha value is -5.52. The molecule has 0 unspecified atom stereocenters. The standard InChI is InChI=1S/C15H9ClN2O2.C14H18N2O4.C8H7ClO/c16-10-3-1-2-9(6-10)14-7-11(15(19)20)12-8-17-5-4-13(12)18-14;1-5-20-12(18)11(17)9-8-15-7-6-10(9)16-13(19)14(2,3)4;1-6(10)7-3-2-4-8(9)5-7/h1-8H,(H,19,20);6-8H,5H2,1-4H3,(H,15,16,19);2-5H,1H3. The van der Waals surface area contributed by atoms with E-state index >= 15 is 0 Å². The van der Waals surface area contributed by atoms with Gasteiger partial charge in [0, 0.05) is 56.8 Å². The van der Waals surface area contributed by atoms with Gasteiger partial charge in [-0.2, -0.15) is 0 Å². The fraction of sp³-hybridized carbons (Fsp3) is 0.189. The van der Waals surface area contributed by atoms with Crippen LogP contribution in [0.3, 0.4) is 0 Å². The van der Waals surface area contributed by atoms with E-state index in [0.717, 1.165) is 5.56 Å². The summed E-state index contributed by atoms with van der Waals surface area (Å²) in [5, 5.41) is 13.7. The van der Waals surface area contributed by atoms with Crippen molar-refractivity contribution in [3.63, 3.8) is 0 Å². The Balaban J connectivity index is 0.000000214. The smallest absolute Gasteiger partial charge is 0.379 e. The minimum absolute atomic E-state index is 0.0172. The topological polar surface area (TPSA) is 166 Å². The van der Waals surface area contributed by atoms with Crippen LogP contribution in [-0.4, -0.2) is 56.1 Å². The van der Waals surface area contributed by atoms with E-state index in [4.69, 9.17) is 23.2 Å². The molecule has 0 spiro atoms. The van der Waals surface area contributed by atoms with Crippen LogP contribution in [0.4, 0.5) is 5.69 Å². The van der Waals surface area contributed by atoms with Crippen molar-refractivity contribution >= 4 is 69.2 Å². The maximum absolute atomic E-state index is 11.9. The highest BCUT2D eigenvalue weighted by atomic mass is 35.5. The van der Waals surface area contributed by atoms with Crippen LogP contribution < -0.4 is 5.32 Å². The van der Waals surface area contributed by atoms with E-state index in [1.165, 1.54) is 37.6 Å². The van der Waals surface area contributed by atoms with Gasteiger partial charge < -0.3 is 15.2 Å². The molecule has 3 heterocycles. The lowest BCUT2D eigenvalue weighted by atomic mass is 9.95. The molecule has 0 aliphatic heterocycles. The summed E-state index contributed by atoms with van der Waals surface area (Å²) in [6, 6.07) is 18.8. The lowest BCUT2D eigenvalue weighted by molar-refractivity contribution is -0.137. The van der Waals surface area contributed by atoms with Crippen LogP contribution in [0, 0.1) is 5.41 Å². The third-order valence-electron chi connectivity index (χ3n) is 6.65. The van der Waals surface area contributed by atoms with Crippen LogP contribution in [-0.2, 0) is 14.3 Å². The van der Waals surface area contributed by atoms with Gasteiger partial charge >= 0.3 is 11.9 Å². The van der Waals surface area contributed by atoms with E-state index in [9.17, 15) is 29.1 Å². The van der Waals surface area contributed by atoms with E-state index in [1.54, 1.807) is 82.4 Å². The second-order valence-corrected chi connectivity index (χ2v) is 12.4. The molecule has 2 aromatic carbocycles. The van der Waals surface area contributed by atoms with Gasteiger partial charge in [-0.05, 0) is 56.3 Å². The van der Waals surface area contributed by atoms with Crippen LogP contribution in [0.25, 0.3) is 22.2 Å². The molecule has 258 valence electrons. The number of pyridine rings is 3. The van der Waals surface area contributed by atoms with Crippen molar-refractivity contribution in [1.29, 1.82) is 0 Å². The Morgan fingerprint density at radius 2 is 1.48 bits per heavy atom. The quantitative estimate of drug-likeness (QED) is 0.0957. The van der Waals surface area contributed by atoms with Gasteiger partial charge in [-0.3, -0.25) is 24.4 Å². The highest BCUT2D eigenvalue weighted by molar-refractivity contribution is 6.42. The monoisotopic (exact) mass is 716 g/mol. The third-order valence-corrected chi connectivity index (χ3v) is 7.12. The van der Waals surface area contributed by atoms with Gasteiger partial charge in [0.05, 0.1) is 34.6 Å². The van der Waals surface area contributed by atoms with E-state index in [0.29, 0.717) is 32.2 Å². The first kappa shape index (κ1) is 38.9. The number of carboxylic acid groups (broad SMARTS) is 1. The zero-order chi connectivity index (χ0) is 37.0. The number of carboxylic acids is 1. The zero-order valence-electron chi connectivity index (χ0n) is 27.9. The summed E-state index contributed by atoms with van der Waals surface area (Å²) in [6.45, 7) is 8.47. The van der Waals surface area contributed by atoms with E-state index in [-0.39, 0.29) is 35.1 Å². The Morgan fingerprint density at radius 3 is 2.06 bits per heavy atom. The number of halogens is 2. The third kappa shape index (κ3) is 11.0. The molecule has 0 saturated heterocycles. The summed E-state index contributed by atoms with van der Waals surface area (Å²) in [7, 11) is 0. The second-order valence-electron chi connectivity index (χ2n) is 11.5. The molecule has 0 aliphatic carbocycles. The van der Waals surface area contributed by atoms with Crippen LogP contribution in [0.5, 0.6) is 0 Å². The molecule has 3 aromatic heterocycles. The van der Waals surface area contributed by atoms with Crippen molar-refractivity contribution in [3.8, 4) is 11.3 Å². The van der Waals surface area contributed by atoms with Crippen molar-refractivity contribution in [1.82, 2.24) is 15.0 Å². The molecule has 50 heavy (non-hydrogen) atoms. The van der Waals surface area contributed by atoms with E-state index in [2.05, 4.69) is 25.0 Å². The Kier molecular flexibility index (Phi) is 13.8. The number of amides is 1. The maximum Gasteiger partial charge on any atom is 0.379 e. The molecule has 0 bridgehead atoms. The number of nitrogens with one attached hydrogen (secondary N) is 1. The molecular weight excluding hydrogens is 683 g/mol. The molecule has 0 atom stereocenters. The lowest BCUT2D eigenvalue weighted by Crippen LogP contribution is -2.29. The number of nitrogens with zero attached hydrogens (tertiary/aromatic N) is 3. The summed E-state index contributed by atoms with van der Waals surface area (Å²) in [5.41, 5.74) is 2.43. The highest BCUT2D eigenvalue weighted by Gasteiger charge is 2.26. The fourth-order valence-electron chi connectivity index (χ4n) is 4.05. The zero-order valence-corrected chi connectivity index (χ0v) is 29.4. The van der Waals surface area contributed by atoms with Gasteiger partial charge in [0.15, 0.2) is 5.78 Å². The predicted octanol–water partition coefficient (Wildman–Crippen LogP) is 8.00. The number of anilines is 1. The number of fused-ring (bicyclic) bond motifs is 1. The Labute approximate surface area is 298 Å². The minimum Gasteiger partial charge on any atom is -0.478 e. The molecule has 0 saturated carbocycles. The predicted molar refractivity (Wildman–Crippen MR) is 192 cm³/mol. The molecule has 1 amide bonds. The fourth-order valence-corrected chi connectivity index (χ4v) is 4.43. The number of ether oxygens (including phenoxy) is 1. The van der Waals surface area contributed by atoms with Crippen LogP contribution in [0.2, 0.25) is 10.0 Å². The van der Waals surface area contributed by atoms with Gasteiger partial charge in [0.1, 0.15) is 0 Å². The highest BCUT2D eigenvalue weighted by Crippen LogP contribution is 2.26. The number of carbonyl (C=O) groups excluding carboxylic acids is 4. The molecule has 5 rings (SSSR count). The van der Waals surface area contributed by atoms with Gasteiger partial charge in [-0.1, -0.05) is 68.2 Å². The number of Topliss-reactive ketones (excluding diaryl/α,β-unsaturated/α-hetero) is 2. The van der Waals surface area contributed by atoms with Crippen LogP contribution >= 0.6 is 23.2 Å². The molecule has 11 nitrogen and oxygen atoms in total. The van der Waals surface area contributed by atoms with E-state index in [1.807, 2.05) is 6.07 Å². The second kappa shape index (κ2) is 17.8. The lowest BCUT2D eigenvalue weighted by Gasteiger charge is -2.18. The number of hydrogen-bond acceptors (Lipinski definition) is 9. The molecule has 13 heteroatoms. The first-order chi connectivity index (χ1) is 23.6. The number of rotatable bonds is 7. The molecule has 2 N–H and O–H groups in total. The molecule has 0 aliphatic rings. The van der Waals surface area contributed by atoms with Crippen LogP contribution in [0.1, 0.15) is 65.7 Å². The normalized spacial score (nSPS) is 10.5. The van der Waals surface area contributed by atoms with Crippen LogP contribution in [0.15, 0.2) is 91.5 Å².